The molecule has 1 heterocycles. The summed E-state index contributed by atoms with van der Waals surface area (Å²) in [6.07, 6.45) is 0. The smallest absolute Gasteiger partial charge is 1.00 e. The summed E-state index contributed by atoms with van der Waals surface area (Å²) in [5.41, 5.74) is 11.2. The molecule has 0 bridgehead atoms. The van der Waals surface area contributed by atoms with Crippen LogP contribution >= 0.6 is 0 Å². The number of allylic oxidation sites excluding steroid dienone is 2. The Morgan fingerprint density at radius 1 is 0.885 bits per heavy atom. The Hall–Kier alpha value is -0.397. The van der Waals surface area contributed by atoms with Crippen LogP contribution in [0.4, 0.5) is 5.69 Å². The summed E-state index contributed by atoms with van der Waals surface area (Å²) in [5, 5.41) is 0. The van der Waals surface area contributed by atoms with Gasteiger partial charge in [0.25, 0.3) is 0 Å². The summed E-state index contributed by atoms with van der Waals surface area (Å²) in [6.45, 7) is 11.1. The van der Waals surface area contributed by atoms with Gasteiger partial charge in [0.2, 0.25) is 0 Å². The Morgan fingerprint density at radius 2 is 1.54 bits per heavy atom. The van der Waals surface area contributed by atoms with Gasteiger partial charge in [-0.25, -0.2) is 0 Å². The van der Waals surface area contributed by atoms with Crippen LogP contribution in [0.1, 0.15) is 55.5 Å². The summed E-state index contributed by atoms with van der Waals surface area (Å²) in [6, 6.07) is 14.5. The van der Waals surface area contributed by atoms with E-state index in [1.807, 2.05) is 0 Å². The topological polar surface area (TPSA) is 12.4 Å². The molecule has 0 amide bonds. The zero-order chi connectivity index (χ0) is 15.6. The monoisotopic (exact) mass is 481 g/mol. The van der Waals surface area contributed by atoms with Crippen LogP contribution in [-0.4, -0.2) is 5.71 Å². The van der Waals surface area contributed by atoms with E-state index in [0.29, 0.717) is 0 Å². The van der Waals surface area contributed by atoms with Crippen LogP contribution in [-0.2, 0) is 31.6 Å². The number of hydrogen-bond donors (Lipinski definition) is 0. The molecule has 1 aliphatic carbocycles. The molecular formula is C21H20Cl3NZr. The normalized spacial score (nSPS) is 13.2. The molecule has 5 heteroatoms. The van der Waals surface area contributed by atoms with E-state index >= 15 is 0 Å². The molecule has 0 radical (unpaired) electrons. The van der Waals surface area contributed by atoms with Crippen molar-refractivity contribution in [1.82, 2.24) is 0 Å². The van der Waals surface area contributed by atoms with Crippen LogP contribution in [0.2, 0.25) is 0 Å². The molecule has 0 N–H and O–H groups in total. The van der Waals surface area contributed by atoms with Gasteiger partial charge in [0.1, 0.15) is 0 Å². The summed E-state index contributed by atoms with van der Waals surface area (Å²) >= 11 is 0. The molecule has 26 heavy (non-hydrogen) atoms. The van der Waals surface area contributed by atoms with Gasteiger partial charge in [0.15, 0.2) is 0 Å². The maximum atomic E-state index is 4.90. The van der Waals surface area contributed by atoms with Crippen molar-refractivity contribution in [3.8, 4) is 0 Å². The number of aryl methyl sites for hydroxylation is 1. The maximum Gasteiger partial charge on any atom is 4.00 e. The van der Waals surface area contributed by atoms with Gasteiger partial charge in [0, 0.05) is 5.71 Å². The van der Waals surface area contributed by atoms with Crippen molar-refractivity contribution in [3.63, 3.8) is 0 Å². The van der Waals surface area contributed by atoms with Crippen LogP contribution in [0, 0.1) is 13.0 Å². The first kappa shape index (κ1) is 25.6. The van der Waals surface area contributed by atoms with Gasteiger partial charge in [-0.3, -0.25) is 0 Å². The first-order chi connectivity index (χ1) is 10.4. The van der Waals surface area contributed by atoms with E-state index in [2.05, 4.69) is 71.0 Å². The fourth-order valence-electron chi connectivity index (χ4n) is 3.40. The maximum absolute atomic E-state index is 4.90. The van der Waals surface area contributed by atoms with E-state index in [1.54, 1.807) is 0 Å². The third kappa shape index (κ3) is 3.90. The van der Waals surface area contributed by atoms with E-state index in [1.165, 1.54) is 39.0 Å². The quantitative estimate of drug-likeness (QED) is 0.345. The largest absolute Gasteiger partial charge is 4.00 e. The molecule has 0 aromatic heterocycles. The van der Waals surface area contributed by atoms with Crippen LogP contribution in [0.25, 0.3) is 11.1 Å². The second-order valence-corrected chi connectivity index (χ2v) is 7.37. The number of benzene rings is 2. The Labute approximate surface area is 194 Å². The zero-order valence-corrected chi connectivity index (χ0v) is 20.2. The van der Waals surface area contributed by atoms with Gasteiger partial charge in [0.05, 0.1) is 0 Å². The van der Waals surface area contributed by atoms with E-state index in [0.717, 1.165) is 11.4 Å². The molecule has 0 fully saturated rings. The predicted octanol–water partition coefficient (Wildman–Crippen LogP) is -3.52. The molecule has 1 aliphatic heterocycles. The average Bonchev–Trinajstić information content (AvgIpc) is 2.94. The standard InChI is InChI=1S/C21H20N.3ClH.Zr/c1-12-6-9-18-17(10-12)19-13(2)15-8-7-14(21(3,4)5)11-16(15)20(19)22-18;;;;/h6-9,11H,1-5H3;3*1H;/q-1;;;;+4/p-3. The third-order valence-electron chi connectivity index (χ3n) is 4.71. The second kappa shape index (κ2) is 8.74. The molecule has 0 saturated heterocycles. The van der Waals surface area contributed by atoms with Gasteiger partial charge in [-0.1, -0.05) is 51.0 Å². The SMILES string of the molecule is CC1=C2C(=Nc3ccc(C)[c-]c32)c2cc(C(C)(C)C)ccc21.[Cl-].[Cl-].[Cl-].[Zr+4]. The van der Waals surface area contributed by atoms with Gasteiger partial charge < -0.3 is 42.2 Å². The molecular weight excluding hydrogens is 464 g/mol. The van der Waals surface area contributed by atoms with Gasteiger partial charge >= 0.3 is 26.2 Å². The van der Waals surface area contributed by atoms with Gasteiger partial charge in [-0.15, -0.1) is 29.3 Å². The minimum Gasteiger partial charge on any atom is -1.00 e. The minimum absolute atomic E-state index is 0. The van der Waals surface area contributed by atoms with Crippen LogP contribution in [0.5, 0.6) is 0 Å². The molecule has 0 saturated carbocycles. The molecule has 2 aromatic carbocycles. The summed E-state index contributed by atoms with van der Waals surface area (Å²) in [7, 11) is 0. The number of hydrogen-bond acceptors (Lipinski definition) is 1. The molecule has 0 spiro atoms. The molecule has 0 unspecified atom stereocenters. The number of nitrogens with zero attached hydrogens (tertiary/aromatic N) is 1. The average molecular weight is 484 g/mol. The number of aliphatic imine (C=N–C) groups is 1. The van der Waals surface area contributed by atoms with Crippen molar-refractivity contribution in [2.24, 2.45) is 4.99 Å². The first-order valence-electron chi connectivity index (χ1n) is 7.85. The number of fused-ring (bicyclic) bond motifs is 5. The Morgan fingerprint density at radius 3 is 2.15 bits per heavy atom. The van der Waals surface area contributed by atoms with Crippen molar-refractivity contribution in [1.29, 1.82) is 0 Å². The molecule has 2 aliphatic rings. The minimum atomic E-state index is 0. The van der Waals surface area contributed by atoms with Gasteiger partial charge in [-0.2, -0.15) is 0 Å². The van der Waals surface area contributed by atoms with Crippen molar-refractivity contribution in [2.45, 2.75) is 40.0 Å². The zero-order valence-electron chi connectivity index (χ0n) is 15.5. The van der Waals surface area contributed by atoms with Crippen molar-refractivity contribution in [3.05, 3.63) is 64.2 Å². The Bertz CT molecular complexity index is 893. The molecule has 1 nitrogen and oxygen atoms in total. The Kier molecular flexibility index (Phi) is 8.61. The summed E-state index contributed by atoms with van der Waals surface area (Å²) in [5.74, 6) is 0. The number of rotatable bonds is 0. The third-order valence-corrected chi connectivity index (χ3v) is 4.71. The molecule has 4 rings (SSSR count). The fraction of sp³-hybridized carbons (Fsp3) is 0.286. The van der Waals surface area contributed by atoms with E-state index in [-0.39, 0.29) is 68.8 Å². The predicted molar refractivity (Wildman–Crippen MR) is 93.8 cm³/mol. The summed E-state index contributed by atoms with van der Waals surface area (Å²) in [4.78, 5) is 4.90. The van der Waals surface area contributed by atoms with E-state index in [9.17, 15) is 0 Å². The second-order valence-electron chi connectivity index (χ2n) is 7.37. The van der Waals surface area contributed by atoms with Crippen molar-refractivity contribution in [2.75, 3.05) is 0 Å². The number of halogens is 3. The van der Waals surface area contributed by atoms with Crippen molar-refractivity contribution >= 4 is 22.5 Å². The first-order valence-corrected chi connectivity index (χ1v) is 7.85. The van der Waals surface area contributed by atoms with Crippen LogP contribution < -0.4 is 37.2 Å². The van der Waals surface area contributed by atoms with E-state index in [4.69, 9.17) is 4.99 Å². The van der Waals surface area contributed by atoms with Gasteiger partial charge in [-0.05, 0) is 40.8 Å². The Balaban J connectivity index is 0.00000156. The van der Waals surface area contributed by atoms with Crippen LogP contribution in [0.3, 0.4) is 0 Å². The van der Waals surface area contributed by atoms with Crippen LogP contribution in [0.15, 0.2) is 35.3 Å². The molecule has 134 valence electrons. The van der Waals surface area contributed by atoms with Crippen molar-refractivity contribution < 1.29 is 63.4 Å². The summed E-state index contributed by atoms with van der Waals surface area (Å²) < 4.78 is 0. The fourth-order valence-corrected chi connectivity index (χ4v) is 3.40. The molecule has 2 aromatic rings. The molecule has 0 atom stereocenters. The van der Waals surface area contributed by atoms with E-state index < -0.39 is 0 Å².